The maximum Gasteiger partial charge on any atom is 0.0259 e. The summed E-state index contributed by atoms with van der Waals surface area (Å²) in [6.45, 7) is 14.0. The molecule has 3 heteroatoms. The van der Waals surface area contributed by atoms with Crippen LogP contribution >= 0.6 is 0 Å². The second kappa shape index (κ2) is 4.04. The third-order valence-electron chi connectivity index (χ3n) is 3.66. The molecule has 1 unspecified atom stereocenters. The maximum atomic E-state index is 3.49. The minimum absolute atomic E-state index is 0.564. The van der Waals surface area contributed by atoms with Gasteiger partial charge >= 0.3 is 0 Å². The SMILES string of the molecule is CC(C)NN1CCN(C2CC2(C)C)CC1. The molecule has 1 aliphatic carbocycles. The lowest BCUT2D eigenvalue weighted by Gasteiger charge is -2.36. The van der Waals surface area contributed by atoms with Crippen LogP contribution in [-0.2, 0) is 0 Å². The maximum absolute atomic E-state index is 3.49. The van der Waals surface area contributed by atoms with Crippen LogP contribution < -0.4 is 5.43 Å². The first kappa shape index (κ1) is 11.4. The number of hydrazine groups is 1. The summed E-state index contributed by atoms with van der Waals surface area (Å²) < 4.78 is 0. The molecule has 0 radical (unpaired) electrons. The number of piperazine rings is 1. The van der Waals surface area contributed by atoms with Gasteiger partial charge in [-0.1, -0.05) is 13.8 Å². The van der Waals surface area contributed by atoms with Crippen LogP contribution in [-0.4, -0.2) is 48.2 Å². The molecule has 2 rings (SSSR count). The van der Waals surface area contributed by atoms with Crippen molar-refractivity contribution in [2.45, 2.75) is 46.2 Å². The Morgan fingerprint density at radius 1 is 1.13 bits per heavy atom. The topological polar surface area (TPSA) is 18.5 Å². The predicted octanol–water partition coefficient (Wildman–Crippen LogP) is 1.32. The van der Waals surface area contributed by atoms with Gasteiger partial charge in [-0.25, -0.2) is 5.01 Å². The molecule has 1 heterocycles. The van der Waals surface area contributed by atoms with Gasteiger partial charge in [0.05, 0.1) is 0 Å². The zero-order chi connectivity index (χ0) is 11.1. The molecule has 0 aromatic rings. The fraction of sp³-hybridized carbons (Fsp3) is 1.00. The van der Waals surface area contributed by atoms with Crippen LogP contribution in [0.5, 0.6) is 0 Å². The lowest BCUT2D eigenvalue weighted by Crippen LogP contribution is -2.54. The molecule has 1 saturated carbocycles. The van der Waals surface area contributed by atoms with Crippen molar-refractivity contribution < 1.29 is 0 Å². The Morgan fingerprint density at radius 2 is 1.67 bits per heavy atom. The Kier molecular flexibility index (Phi) is 3.06. The molecule has 3 nitrogen and oxygen atoms in total. The van der Waals surface area contributed by atoms with Crippen molar-refractivity contribution in [1.82, 2.24) is 15.3 Å². The smallest absolute Gasteiger partial charge is 0.0259 e. The molecular weight excluding hydrogens is 186 g/mol. The van der Waals surface area contributed by atoms with Gasteiger partial charge in [-0.15, -0.1) is 0 Å². The summed E-state index contributed by atoms with van der Waals surface area (Å²) in [4.78, 5) is 2.67. The van der Waals surface area contributed by atoms with Crippen LogP contribution in [0.1, 0.15) is 34.1 Å². The normalized spacial score (nSPS) is 32.2. The third kappa shape index (κ3) is 2.71. The van der Waals surface area contributed by atoms with Crippen molar-refractivity contribution in [3.05, 3.63) is 0 Å². The van der Waals surface area contributed by atoms with E-state index in [1.54, 1.807) is 0 Å². The van der Waals surface area contributed by atoms with Crippen LogP contribution in [0.4, 0.5) is 0 Å². The van der Waals surface area contributed by atoms with Gasteiger partial charge in [0.15, 0.2) is 0 Å². The van der Waals surface area contributed by atoms with Gasteiger partial charge in [0, 0.05) is 38.3 Å². The highest BCUT2D eigenvalue weighted by atomic mass is 15.5. The summed E-state index contributed by atoms with van der Waals surface area (Å²) in [6.07, 6.45) is 1.39. The van der Waals surface area contributed by atoms with E-state index in [-0.39, 0.29) is 0 Å². The highest BCUT2D eigenvalue weighted by Crippen LogP contribution is 2.48. The van der Waals surface area contributed by atoms with Crippen molar-refractivity contribution >= 4 is 0 Å². The molecule has 15 heavy (non-hydrogen) atoms. The van der Waals surface area contributed by atoms with Gasteiger partial charge in [0.1, 0.15) is 0 Å². The third-order valence-corrected chi connectivity index (χ3v) is 3.66. The summed E-state index contributed by atoms with van der Waals surface area (Å²) in [6, 6.07) is 1.42. The quantitative estimate of drug-likeness (QED) is 0.759. The van der Waals surface area contributed by atoms with Crippen LogP contribution in [0.2, 0.25) is 0 Å². The molecular formula is C12H25N3. The van der Waals surface area contributed by atoms with E-state index in [0.29, 0.717) is 11.5 Å². The average molecular weight is 211 g/mol. The lowest BCUT2D eigenvalue weighted by molar-refractivity contribution is 0.0696. The first-order valence-electron chi connectivity index (χ1n) is 6.24. The molecule has 1 atom stereocenters. The highest BCUT2D eigenvalue weighted by molar-refractivity contribution is 5.03. The van der Waals surface area contributed by atoms with Crippen LogP contribution in [0.3, 0.4) is 0 Å². The number of hydrogen-bond donors (Lipinski definition) is 1. The van der Waals surface area contributed by atoms with E-state index in [0.717, 1.165) is 6.04 Å². The van der Waals surface area contributed by atoms with Gasteiger partial charge in [0.2, 0.25) is 0 Å². The van der Waals surface area contributed by atoms with Gasteiger partial charge < -0.3 is 0 Å². The van der Waals surface area contributed by atoms with Gasteiger partial charge in [0.25, 0.3) is 0 Å². The molecule has 0 bridgehead atoms. The predicted molar refractivity (Wildman–Crippen MR) is 63.6 cm³/mol. The molecule has 0 amide bonds. The van der Waals surface area contributed by atoms with Gasteiger partial charge in [-0.05, 0) is 25.7 Å². The summed E-state index contributed by atoms with van der Waals surface area (Å²) in [5.41, 5.74) is 4.08. The van der Waals surface area contributed by atoms with E-state index in [9.17, 15) is 0 Å². The second-order valence-electron chi connectivity index (χ2n) is 6.02. The molecule has 0 spiro atoms. The fourth-order valence-electron chi connectivity index (χ4n) is 2.59. The largest absolute Gasteiger partial charge is 0.297 e. The molecule has 0 aromatic heterocycles. The molecule has 2 fully saturated rings. The van der Waals surface area contributed by atoms with E-state index in [1.165, 1.54) is 32.6 Å². The molecule has 88 valence electrons. The van der Waals surface area contributed by atoms with E-state index in [1.807, 2.05) is 0 Å². The van der Waals surface area contributed by atoms with Crippen molar-refractivity contribution in [3.63, 3.8) is 0 Å². The van der Waals surface area contributed by atoms with E-state index >= 15 is 0 Å². The Morgan fingerprint density at radius 3 is 2.07 bits per heavy atom. The Bertz CT molecular complexity index is 217. The molecule has 2 aliphatic rings. The van der Waals surface area contributed by atoms with Crippen molar-refractivity contribution in [2.75, 3.05) is 26.2 Å². The molecule has 0 aromatic carbocycles. The minimum atomic E-state index is 0.564. The Balaban J connectivity index is 1.73. The van der Waals surface area contributed by atoms with Gasteiger partial charge in [-0.3, -0.25) is 10.3 Å². The van der Waals surface area contributed by atoms with Crippen LogP contribution in [0.15, 0.2) is 0 Å². The van der Waals surface area contributed by atoms with Crippen LogP contribution in [0.25, 0.3) is 0 Å². The summed E-state index contributed by atoms with van der Waals surface area (Å²) in [5.74, 6) is 0. The summed E-state index contributed by atoms with van der Waals surface area (Å²) >= 11 is 0. The van der Waals surface area contributed by atoms with Crippen molar-refractivity contribution in [3.8, 4) is 0 Å². The standard InChI is InChI=1S/C12H25N3/c1-10(2)13-15-7-5-14(6-8-15)11-9-12(11,3)4/h10-11,13H,5-9H2,1-4H3. The van der Waals surface area contributed by atoms with Crippen molar-refractivity contribution in [2.24, 2.45) is 5.41 Å². The number of nitrogens with zero attached hydrogens (tertiary/aromatic N) is 2. The summed E-state index contributed by atoms with van der Waals surface area (Å²) in [7, 11) is 0. The van der Waals surface area contributed by atoms with E-state index < -0.39 is 0 Å². The average Bonchev–Trinajstić information content (AvgIpc) is 2.75. The number of hydrogen-bond acceptors (Lipinski definition) is 3. The van der Waals surface area contributed by atoms with Crippen molar-refractivity contribution in [1.29, 1.82) is 0 Å². The first-order valence-corrected chi connectivity index (χ1v) is 6.24. The van der Waals surface area contributed by atoms with E-state index in [2.05, 4.69) is 43.0 Å². The van der Waals surface area contributed by atoms with Gasteiger partial charge in [-0.2, -0.15) is 0 Å². The molecule has 1 N–H and O–H groups in total. The Hall–Kier alpha value is -0.120. The first-order chi connectivity index (χ1) is 6.99. The molecule has 1 saturated heterocycles. The lowest BCUT2D eigenvalue weighted by atomic mass is 10.1. The zero-order valence-electron chi connectivity index (χ0n) is 10.6. The molecule has 1 aliphatic heterocycles. The minimum Gasteiger partial charge on any atom is -0.297 e. The second-order valence-corrected chi connectivity index (χ2v) is 6.02. The fourth-order valence-corrected chi connectivity index (χ4v) is 2.59. The summed E-state index contributed by atoms with van der Waals surface area (Å²) in [5, 5.41) is 2.37. The number of rotatable bonds is 3. The van der Waals surface area contributed by atoms with Crippen LogP contribution in [0, 0.1) is 5.41 Å². The highest BCUT2D eigenvalue weighted by Gasteiger charge is 2.49. The van der Waals surface area contributed by atoms with E-state index in [4.69, 9.17) is 0 Å². The monoisotopic (exact) mass is 211 g/mol. The zero-order valence-corrected chi connectivity index (χ0v) is 10.6. The number of nitrogens with one attached hydrogen (secondary N) is 1. The Labute approximate surface area is 93.8 Å².